The number of hydrogen-bond donors (Lipinski definition) is 1. The fourth-order valence-corrected chi connectivity index (χ4v) is 2.75. The molecule has 0 fully saturated rings. The fraction of sp³-hybridized carbons (Fsp3) is 0.200. The largest absolute Gasteiger partial charge is 0.496 e. The van der Waals surface area contributed by atoms with Gasteiger partial charge in [-0.15, -0.1) is 0 Å². The van der Waals surface area contributed by atoms with Gasteiger partial charge in [0.2, 0.25) is 0 Å². The van der Waals surface area contributed by atoms with E-state index in [1.54, 1.807) is 14.0 Å². The van der Waals surface area contributed by atoms with Gasteiger partial charge in [-0.2, -0.15) is 0 Å². The number of aromatic nitrogens is 1. The molecule has 1 N–H and O–H groups in total. The molecular weight excluding hydrogens is 316 g/mol. The second-order valence-corrected chi connectivity index (χ2v) is 5.78. The number of carbonyl (C=O) groups excluding carboxylic acids is 1. The summed E-state index contributed by atoms with van der Waals surface area (Å²) < 4.78 is 10.8. The van der Waals surface area contributed by atoms with Gasteiger partial charge in [0.15, 0.2) is 5.76 Å². The number of nitrogens with zero attached hydrogens (tertiary/aromatic N) is 1. The summed E-state index contributed by atoms with van der Waals surface area (Å²) in [7, 11) is 1.58. The van der Waals surface area contributed by atoms with Crippen molar-refractivity contribution in [2.45, 2.75) is 19.9 Å². The van der Waals surface area contributed by atoms with Crippen LogP contribution in [0.25, 0.3) is 11.3 Å². The molecule has 128 valence electrons. The third-order valence-corrected chi connectivity index (χ3v) is 4.09. The normalized spacial score (nSPS) is 11.8. The molecule has 3 rings (SSSR count). The van der Waals surface area contributed by atoms with Crippen LogP contribution in [0, 0.1) is 6.92 Å². The Morgan fingerprint density at radius 1 is 1.12 bits per heavy atom. The second-order valence-electron chi connectivity index (χ2n) is 5.78. The molecule has 5 heteroatoms. The standard InChI is InChI=1S/C20H20N2O3/c1-13(15-9-5-4-6-10-15)21-20(23)18-14(2)22-25-19(18)16-11-7-8-12-17(16)24-3/h4-13H,1-3H3,(H,21,23)/t13-/m1/s1. The molecule has 0 bridgehead atoms. The molecule has 1 aromatic heterocycles. The number of methoxy groups -OCH3 is 1. The number of aryl methyl sites for hydroxylation is 1. The number of benzene rings is 2. The number of para-hydroxylation sites is 1. The maximum atomic E-state index is 12.9. The molecule has 0 saturated carbocycles. The Bertz CT molecular complexity index is 872. The molecular formula is C20H20N2O3. The van der Waals surface area contributed by atoms with E-state index in [0.29, 0.717) is 28.3 Å². The van der Waals surface area contributed by atoms with E-state index in [9.17, 15) is 4.79 Å². The van der Waals surface area contributed by atoms with Crippen molar-refractivity contribution < 1.29 is 14.1 Å². The zero-order valence-corrected chi connectivity index (χ0v) is 14.4. The SMILES string of the molecule is COc1ccccc1-c1onc(C)c1C(=O)N[C@H](C)c1ccccc1. The van der Waals surface area contributed by atoms with Crippen LogP contribution in [-0.2, 0) is 0 Å². The minimum absolute atomic E-state index is 0.131. The van der Waals surface area contributed by atoms with Gasteiger partial charge in [0, 0.05) is 0 Å². The highest BCUT2D eigenvalue weighted by Crippen LogP contribution is 2.33. The summed E-state index contributed by atoms with van der Waals surface area (Å²) in [5.41, 5.74) is 2.69. The number of rotatable bonds is 5. The van der Waals surface area contributed by atoms with E-state index in [-0.39, 0.29) is 11.9 Å². The molecule has 1 heterocycles. The molecule has 0 saturated heterocycles. The maximum Gasteiger partial charge on any atom is 0.257 e. The number of ether oxygens (including phenoxy) is 1. The molecule has 0 unspecified atom stereocenters. The van der Waals surface area contributed by atoms with Gasteiger partial charge < -0.3 is 14.6 Å². The van der Waals surface area contributed by atoms with Gasteiger partial charge >= 0.3 is 0 Å². The first-order valence-corrected chi connectivity index (χ1v) is 8.07. The first kappa shape index (κ1) is 16.8. The van der Waals surface area contributed by atoms with Gasteiger partial charge in [-0.3, -0.25) is 4.79 Å². The van der Waals surface area contributed by atoms with E-state index in [1.807, 2.05) is 61.5 Å². The highest BCUT2D eigenvalue weighted by molar-refractivity contribution is 6.01. The van der Waals surface area contributed by atoms with Gasteiger partial charge in [-0.25, -0.2) is 0 Å². The lowest BCUT2D eigenvalue weighted by molar-refractivity contribution is 0.0939. The van der Waals surface area contributed by atoms with Gasteiger partial charge in [0.25, 0.3) is 5.91 Å². The van der Waals surface area contributed by atoms with Crippen LogP contribution in [0.4, 0.5) is 0 Å². The Morgan fingerprint density at radius 3 is 2.52 bits per heavy atom. The molecule has 25 heavy (non-hydrogen) atoms. The quantitative estimate of drug-likeness (QED) is 0.760. The first-order chi connectivity index (χ1) is 12.1. The summed E-state index contributed by atoms with van der Waals surface area (Å²) in [6.07, 6.45) is 0. The van der Waals surface area contributed by atoms with Gasteiger partial charge in [-0.05, 0) is 31.5 Å². The van der Waals surface area contributed by atoms with E-state index in [0.717, 1.165) is 5.56 Å². The van der Waals surface area contributed by atoms with Crippen molar-refractivity contribution in [3.05, 3.63) is 71.4 Å². The Morgan fingerprint density at radius 2 is 1.80 bits per heavy atom. The molecule has 0 aliphatic rings. The first-order valence-electron chi connectivity index (χ1n) is 8.07. The lowest BCUT2D eigenvalue weighted by atomic mass is 10.0. The Labute approximate surface area is 146 Å². The number of amides is 1. The summed E-state index contributed by atoms with van der Waals surface area (Å²) >= 11 is 0. The predicted octanol–water partition coefficient (Wildman–Crippen LogP) is 4.15. The molecule has 5 nitrogen and oxygen atoms in total. The van der Waals surface area contributed by atoms with Crippen LogP contribution >= 0.6 is 0 Å². The van der Waals surface area contributed by atoms with Gasteiger partial charge in [0.05, 0.1) is 24.4 Å². The van der Waals surface area contributed by atoms with Crippen LogP contribution in [-0.4, -0.2) is 18.2 Å². The third-order valence-electron chi connectivity index (χ3n) is 4.09. The topological polar surface area (TPSA) is 64.4 Å². The molecule has 0 aliphatic carbocycles. The van der Waals surface area contributed by atoms with Gasteiger partial charge in [0.1, 0.15) is 11.3 Å². The monoisotopic (exact) mass is 336 g/mol. The van der Waals surface area contributed by atoms with Crippen molar-refractivity contribution in [2.24, 2.45) is 0 Å². The van der Waals surface area contributed by atoms with Crippen molar-refractivity contribution in [1.82, 2.24) is 10.5 Å². The zero-order chi connectivity index (χ0) is 17.8. The van der Waals surface area contributed by atoms with E-state index in [4.69, 9.17) is 9.26 Å². The molecule has 1 amide bonds. The summed E-state index contributed by atoms with van der Waals surface area (Å²) in [5.74, 6) is 0.813. The summed E-state index contributed by atoms with van der Waals surface area (Å²) in [4.78, 5) is 12.9. The zero-order valence-electron chi connectivity index (χ0n) is 14.4. The van der Waals surface area contributed by atoms with Crippen LogP contribution in [0.2, 0.25) is 0 Å². The average molecular weight is 336 g/mol. The van der Waals surface area contributed by atoms with Crippen molar-refractivity contribution in [1.29, 1.82) is 0 Å². The summed E-state index contributed by atoms with van der Waals surface area (Å²) in [6, 6.07) is 17.1. The Hall–Kier alpha value is -3.08. The number of hydrogen-bond acceptors (Lipinski definition) is 4. The van der Waals surface area contributed by atoms with Crippen LogP contribution < -0.4 is 10.1 Å². The summed E-state index contributed by atoms with van der Waals surface area (Å²) in [6.45, 7) is 3.70. The second kappa shape index (κ2) is 7.21. The average Bonchev–Trinajstić information content (AvgIpc) is 3.03. The lowest BCUT2D eigenvalue weighted by Crippen LogP contribution is -2.27. The molecule has 0 spiro atoms. The molecule has 2 aromatic carbocycles. The maximum absolute atomic E-state index is 12.9. The Balaban J connectivity index is 1.93. The van der Waals surface area contributed by atoms with E-state index in [1.165, 1.54) is 0 Å². The van der Waals surface area contributed by atoms with E-state index >= 15 is 0 Å². The van der Waals surface area contributed by atoms with Crippen LogP contribution in [0.5, 0.6) is 5.75 Å². The molecule has 0 radical (unpaired) electrons. The molecule has 1 atom stereocenters. The highest BCUT2D eigenvalue weighted by Gasteiger charge is 2.25. The number of nitrogens with one attached hydrogen (secondary N) is 1. The predicted molar refractivity (Wildman–Crippen MR) is 95.6 cm³/mol. The smallest absolute Gasteiger partial charge is 0.257 e. The lowest BCUT2D eigenvalue weighted by Gasteiger charge is -2.14. The fourth-order valence-electron chi connectivity index (χ4n) is 2.75. The van der Waals surface area contributed by atoms with Crippen LogP contribution in [0.3, 0.4) is 0 Å². The van der Waals surface area contributed by atoms with E-state index in [2.05, 4.69) is 10.5 Å². The Kier molecular flexibility index (Phi) is 4.84. The van der Waals surface area contributed by atoms with Gasteiger partial charge in [-0.1, -0.05) is 47.6 Å². The third kappa shape index (κ3) is 3.40. The van der Waals surface area contributed by atoms with Crippen molar-refractivity contribution in [3.8, 4) is 17.1 Å². The van der Waals surface area contributed by atoms with E-state index < -0.39 is 0 Å². The van der Waals surface area contributed by atoms with Crippen molar-refractivity contribution in [3.63, 3.8) is 0 Å². The molecule has 0 aliphatic heterocycles. The van der Waals surface area contributed by atoms with Crippen LogP contribution in [0.15, 0.2) is 59.1 Å². The number of carbonyl (C=O) groups is 1. The molecule has 3 aromatic rings. The highest BCUT2D eigenvalue weighted by atomic mass is 16.5. The minimum atomic E-state index is -0.226. The van der Waals surface area contributed by atoms with Crippen molar-refractivity contribution in [2.75, 3.05) is 7.11 Å². The van der Waals surface area contributed by atoms with Crippen molar-refractivity contribution >= 4 is 5.91 Å². The van der Waals surface area contributed by atoms with Crippen LogP contribution in [0.1, 0.15) is 34.6 Å². The minimum Gasteiger partial charge on any atom is -0.496 e. The summed E-state index contributed by atoms with van der Waals surface area (Å²) in [5, 5.41) is 6.99.